The maximum Gasteiger partial charge on any atom is 0.290 e. The van der Waals surface area contributed by atoms with Crippen molar-refractivity contribution in [2.45, 2.75) is 45.6 Å². The molecule has 3 aromatic rings. The molecule has 0 aliphatic rings. The first-order chi connectivity index (χ1) is 16.5. The SMILES string of the molecule is CCCCCn1nc(C(=O)NNC(=O)CCc2cc(OC)ccc2OC)c2ccccc2c1=O. The number of hydrogen-bond acceptors (Lipinski definition) is 6. The molecule has 180 valence electrons. The van der Waals surface area contributed by atoms with Crippen molar-refractivity contribution >= 4 is 22.6 Å². The maximum atomic E-state index is 12.9. The summed E-state index contributed by atoms with van der Waals surface area (Å²) in [5, 5.41) is 5.15. The van der Waals surface area contributed by atoms with Gasteiger partial charge in [-0.2, -0.15) is 5.10 Å². The summed E-state index contributed by atoms with van der Waals surface area (Å²) in [5.41, 5.74) is 5.51. The number of nitrogens with one attached hydrogen (secondary N) is 2. The zero-order valence-electron chi connectivity index (χ0n) is 19.7. The Morgan fingerprint density at radius 3 is 2.47 bits per heavy atom. The number of carbonyl (C=O) groups is 2. The van der Waals surface area contributed by atoms with Crippen molar-refractivity contribution in [1.82, 2.24) is 20.6 Å². The van der Waals surface area contributed by atoms with Gasteiger partial charge in [-0.3, -0.25) is 25.2 Å². The summed E-state index contributed by atoms with van der Waals surface area (Å²) in [6.07, 6.45) is 3.26. The lowest BCUT2D eigenvalue weighted by Gasteiger charge is -2.12. The molecular formula is C25H30N4O5. The van der Waals surface area contributed by atoms with Gasteiger partial charge in [-0.05, 0) is 42.7 Å². The van der Waals surface area contributed by atoms with Gasteiger partial charge < -0.3 is 9.47 Å². The Bertz CT molecular complexity index is 1220. The number of nitrogens with zero attached hydrogens (tertiary/aromatic N) is 2. The van der Waals surface area contributed by atoms with E-state index in [9.17, 15) is 14.4 Å². The number of methoxy groups -OCH3 is 2. The van der Waals surface area contributed by atoms with E-state index in [2.05, 4.69) is 22.9 Å². The molecule has 0 radical (unpaired) electrons. The summed E-state index contributed by atoms with van der Waals surface area (Å²) in [5.74, 6) is 0.349. The third-order valence-corrected chi connectivity index (χ3v) is 5.48. The lowest BCUT2D eigenvalue weighted by molar-refractivity contribution is -0.121. The van der Waals surface area contributed by atoms with Crippen LogP contribution in [0.4, 0.5) is 0 Å². The quantitative estimate of drug-likeness (QED) is 0.351. The van der Waals surface area contributed by atoms with E-state index in [-0.39, 0.29) is 23.6 Å². The smallest absolute Gasteiger partial charge is 0.290 e. The van der Waals surface area contributed by atoms with Crippen molar-refractivity contribution in [3.05, 3.63) is 64.1 Å². The molecule has 34 heavy (non-hydrogen) atoms. The number of fused-ring (bicyclic) bond motifs is 1. The third-order valence-electron chi connectivity index (χ3n) is 5.48. The second-order valence-electron chi connectivity index (χ2n) is 7.81. The molecular weight excluding hydrogens is 436 g/mol. The molecule has 2 amide bonds. The molecule has 0 aliphatic carbocycles. The molecule has 2 N–H and O–H groups in total. The average molecular weight is 467 g/mol. The number of rotatable bonds is 10. The summed E-state index contributed by atoms with van der Waals surface area (Å²) in [6.45, 7) is 2.50. The van der Waals surface area contributed by atoms with Crippen LogP contribution in [0.2, 0.25) is 0 Å². The molecule has 9 nitrogen and oxygen atoms in total. The Hall–Kier alpha value is -3.88. The van der Waals surface area contributed by atoms with Crippen molar-refractivity contribution < 1.29 is 19.1 Å². The van der Waals surface area contributed by atoms with Crippen LogP contribution in [-0.4, -0.2) is 35.8 Å². The van der Waals surface area contributed by atoms with Crippen molar-refractivity contribution in [3.8, 4) is 11.5 Å². The predicted molar refractivity (Wildman–Crippen MR) is 129 cm³/mol. The molecule has 0 saturated heterocycles. The Kier molecular flexibility index (Phi) is 8.61. The van der Waals surface area contributed by atoms with Gasteiger partial charge in [-0.15, -0.1) is 0 Å². The van der Waals surface area contributed by atoms with Crippen LogP contribution in [-0.2, 0) is 17.8 Å². The number of ether oxygens (including phenoxy) is 2. The largest absolute Gasteiger partial charge is 0.497 e. The van der Waals surface area contributed by atoms with E-state index in [0.29, 0.717) is 35.2 Å². The van der Waals surface area contributed by atoms with E-state index in [1.807, 2.05) is 6.07 Å². The molecule has 0 spiro atoms. The van der Waals surface area contributed by atoms with Crippen LogP contribution < -0.4 is 25.9 Å². The van der Waals surface area contributed by atoms with Gasteiger partial charge in [0.25, 0.3) is 11.5 Å². The lowest BCUT2D eigenvalue weighted by atomic mass is 10.1. The van der Waals surface area contributed by atoms with Crippen LogP contribution >= 0.6 is 0 Å². The summed E-state index contributed by atoms with van der Waals surface area (Å²) >= 11 is 0. The van der Waals surface area contributed by atoms with E-state index in [1.54, 1.807) is 50.6 Å². The molecule has 1 heterocycles. The van der Waals surface area contributed by atoms with Gasteiger partial charge in [0.2, 0.25) is 5.91 Å². The first-order valence-corrected chi connectivity index (χ1v) is 11.3. The fourth-order valence-electron chi connectivity index (χ4n) is 3.64. The third kappa shape index (κ3) is 5.92. The van der Waals surface area contributed by atoms with E-state index in [1.165, 1.54) is 4.68 Å². The van der Waals surface area contributed by atoms with Crippen LogP contribution in [0.1, 0.15) is 48.7 Å². The normalized spacial score (nSPS) is 10.7. The van der Waals surface area contributed by atoms with Crippen LogP contribution in [0.25, 0.3) is 10.8 Å². The average Bonchev–Trinajstić information content (AvgIpc) is 2.87. The minimum atomic E-state index is -0.590. The number of aryl methyl sites for hydroxylation is 2. The van der Waals surface area contributed by atoms with Crippen LogP contribution in [0, 0.1) is 0 Å². The monoisotopic (exact) mass is 466 g/mol. The van der Waals surface area contributed by atoms with Gasteiger partial charge in [-0.25, -0.2) is 4.68 Å². The molecule has 0 fully saturated rings. The van der Waals surface area contributed by atoms with E-state index < -0.39 is 5.91 Å². The minimum absolute atomic E-state index is 0.0847. The van der Waals surface area contributed by atoms with E-state index in [0.717, 1.165) is 24.8 Å². The van der Waals surface area contributed by atoms with Crippen LogP contribution in [0.5, 0.6) is 11.5 Å². The van der Waals surface area contributed by atoms with Gasteiger partial charge in [0.05, 0.1) is 19.6 Å². The standard InChI is InChI=1S/C25H30N4O5/c1-4-5-8-15-29-25(32)20-10-7-6-9-19(20)23(28-29)24(31)27-26-22(30)14-11-17-16-18(33-2)12-13-21(17)34-3/h6-7,9-10,12-13,16H,4-5,8,11,14-15H2,1-3H3,(H,26,30)(H,27,31). The van der Waals surface area contributed by atoms with Crippen molar-refractivity contribution in [3.63, 3.8) is 0 Å². The molecule has 9 heteroatoms. The van der Waals surface area contributed by atoms with Gasteiger partial charge in [0.15, 0.2) is 5.69 Å². The van der Waals surface area contributed by atoms with Gasteiger partial charge in [0, 0.05) is 18.4 Å². The summed E-state index contributed by atoms with van der Waals surface area (Å²) in [6, 6.07) is 12.2. The highest BCUT2D eigenvalue weighted by atomic mass is 16.5. The topological polar surface area (TPSA) is 112 Å². The van der Waals surface area contributed by atoms with Crippen molar-refractivity contribution in [2.24, 2.45) is 0 Å². The Morgan fingerprint density at radius 2 is 1.76 bits per heavy atom. The number of carbonyl (C=O) groups excluding carboxylic acids is 2. The zero-order chi connectivity index (χ0) is 24.5. The van der Waals surface area contributed by atoms with Crippen molar-refractivity contribution in [1.29, 1.82) is 0 Å². The minimum Gasteiger partial charge on any atom is -0.497 e. The number of aromatic nitrogens is 2. The summed E-state index contributed by atoms with van der Waals surface area (Å²) in [4.78, 5) is 38.0. The number of unbranched alkanes of at least 4 members (excludes halogenated alkanes) is 2. The Morgan fingerprint density at radius 1 is 1.00 bits per heavy atom. The summed E-state index contributed by atoms with van der Waals surface area (Å²) < 4.78 is 11.9. The van der Waals surface area contributed by atoms with Crippen LogP contribution in [0.3, 0.4) is 0 Å². The lowest BCUT2D eigenvalue weighted by Crippen LogP contribution is -2.43. The number of hydrazine groups is 1. The van der Waals surface area contributed by atoms with E-state index in [4.69, 9.17) is 9.47 Å². The van der Waals surface area contributed by atoms with Crippen molar-refractivity contribution in [2.75, 3.05) is 14.2 Å². The zero-order valence-corrected chi connectivity index (χ0v) is 19.7. The molecule has 3 rings (SSSR count). The van der Waals surface area contributed by atoms with Crippen LogP contribution in [0.15, 0.2) is 47.3 Å². The number of benzene rings is 2. The fraction of sp³-hybridized carbons (Fsp3) is 0.360. The summed E-state index contributed by atoms with van der Waals surface area (Å²) in [7, 11) is 3.13. The molecule has 0 aliphatic heterocycles. The highest BCUT2D eigenvalue weighted by molar-refractivity contribution is 6.05. The predicted octanol–water partition coefficient (Wildman–Crippen LogP) is 3.00. The molecule has 0 bridgehead atoms. The first-order valence-electron chi connectivity index (χ1n) is 11.3. The molecule has 0 atom stereocenters. The highest BCUT2D eigenvalue weighted by Crippen LogP contribution is 2.25. The molecule has 0 saturated carbocycles. The molecule has 1 aromatic heterocycles. The molecule has 2 aromatic carbocycles. The first kappa shape index (κ1) is 24.8. The Labute approximate surface area is 198 Å². The van der Waals surface area contributed by atoms with Gasteiger partial charge >= 0.3 is 0 Å². The highest BCUT2D eigenvalue weighted by Gasteiger charge is 2.17. The second-order valence-corrected chi connectivity index (χ2v) is 7.81. The Balaban J connectivity index is 1.70. The maximum absolute atomic E-state index is 12.9. The molecule has 0 unspecified atom stereocenters. The van der Waals surface area contributed by atoms with E-state index >= 15 is 0 Å². The number of amides is 2. The number of hydrogen-bond donors (Lipinski definition) is 2. The van der Waals surface area contributed by atoms with Gasteiger partial charge in [0.1, 0.15) is 11.5 Å². The fourth-order valence-corrected chi connectivity index (χ4v) is 3.64. The van der Waals surface area contributed by atoms with Gasteiger partial charge in [-0.1, -0.05) is 38.0 Å². The second kappa shape index (κ2) is 11.8.